The number of nitro groups is 1. The minimum atomic E-state index is -1.65. The molecule has 0 unspecified atom stereocenters. The van der Waals surface area contributed by atoms with Crippen LogP contribution < -0.4 is 0 Å². The van der Waals surface area contributed by atoms with Gasteiger partial charge in [-0.3, -0.25) is 14.9 Å². The molecule has 0 heterocycles. The van der Waals surface area contributed by atoms with Gasteiger partial charge in [0, 0.05) is 17.3 Å². The van der Waals surface area contributed by atoms with Gasteiger partial charge in [0.25, 0.3) is 0 Å². The van der Waals surface area contributed by atoms with Crippen molar-refractivity contribution in [3.8, 4) is 0 Å². The monoisotopic (exact) mass is 185 g/mol. The van der Waals surface area contributed by atoms with E-state index in [1.807, 2.05) is 0 Å². The van der Waals surface area contributed by atoms with Gasteiger partial charge in [0.2, 0.25) is 6.04 Å². The van der Waals surface area contributed by atoms with Crippen molar-refractivity contribution in [1.29, 1.82) is 0 Å². The number of Topliss-reactive ketones (excluding diaryl/α,β-unsaturated/α-hetero) is 1. The van der Waals surface area contributed by atoms with Crippen LogP contribution in [0.2, 0.25) is 0 Å². The summed E-state index contributed by atoms with van der Waals surface area (Å²) in [6, 6.07) is -1.06. The SMILES string of the molecule is O=C1[C@H]2CCC[C@@]1(O)[C@@H]([N+](=O)[O-])C2. The Hall–Kier alpha value is -0.970. The van der Waals surface area contributed by atoms with Gasteiger partial charge < -0.3 is 5.11 Å². The average molecular weight is 185 g/mol. The van der Waals surface area contributed by atoms with Gasteiger partial charge >= 0.3 is 0 Å². The molecule has 2 aliphatic carbocycles. The maximum Gasteiger partial charge on any atom is 0.249 e. The van der Waals surface area contributed by atoms with E-state index in [1.165, 1.54) is 0 Å². The first kappa shape index (κ1) is 8.62. The maximum absolute atomic E-state index is 11.5. The summed E-state index contributed by atoms with van der Waals surface area (Å²) in [6.07, 6.45) is 1.90. The summed E-state index contributed by atoms with van der Waals surface area (Å²) in [7, 11) is 0. The van der Waals surface area contributed by atoms with Crippen LogP contribution in [-0.2, 0) is 4.79 Å². The molecule has 2 aliphatic rings. The van der Waals surface area contributed by atoms with Gasteiger partial charge in [0.05, 0.1) is 0 Å². The number of carbonyl (C=O) groups is 1. The second-order valence-electron chi connectivity index (χ2n) is 3.91. The zero-order chi connectivity index (χ0) is 9.64. The van der Waals surface area contributed by atoms with Crippen LogP contribution in [0, 0.1) is 16.0 Å². The third-order valence-corrected chi connectivity index (χ3v) is 3.22. The molecule has 13 heavy (non-hydrogen) atoms. The van der Waals surface area contributed by atoms with E-state index in [0.29, 0.717) is 6.42 Å². The lowest BCUT2D eigenvalue weighted by atomic mass is 9.83. The second kappa shape index (κ2) is 2.51. The van der Waals surface area contributed by atoms with Gasteiger partial charge in [-0.05, 0) is 19.3 Å². The molecule has 72 valence electrons. The summed E-state index contributed by atoms with van der Waals surface area (Å²) in [6.45, 7) is 0. The minimum absolute atomic E-state index is 0.225. The zero-order valence-electron chi connectivity index (χ0n) is 7.10. The number of hydrogen-bond donors (Lipinski definition) is 1. The van der Waals surface area contributed by atoms with E-state index in [2.05, 4.69) is 0 Å². The lowest BCUT2D eigenvalue weighted by Crippen LogP contribution is -2.49. The molecule has 3 atom stereocenters. The minimum Gasteiger partial charge on any atom is -0.376 e. The summed E-state index contributed by atoms with van der Waals surface area (Å²) in [5.74, 6) is -0.574. The number of aliphatic hydroxyl groups is 1. The molecule has 0 saturated heterocycles. The van der Waals surface area contributed by atoms with E-state index in [4.69, 9.17) is 0 Å². The fraction of sp³-hybridized carbons (Fsp3) is 0.875. The first-order valence-corrected chi connectivity index (χ1v) is 4.46. The van der Waals surface area contributed by atoms with Gasteiger partial charge in [-0.2, -0.15) is 0 Å². The molecule has 0 aromatic heterocycles. The fourth-order valence-corrected chi connectivity index (χ4v) is 2.51. The van der Waals surface area contributed by atoms with Crippen molar-refractivity contribution in [3.63, 3.8) is 0 Å². The highest BCUT2D eigenvalue weighted by Gasteiger charge is 2.61. The number of fused-ring (bicyclic) bond motifs is 2. The smallest absolute Gasteiger partial charge is 0.249 e. The topological polar surface area (TPSA) is 80.4 Å². The van der Waals surface area contributed by atoms with Crippen molar-refractivity contribution >= 4 is 5.78 Å². The summed E-state index contributed by atoms with van der Waals surface area (Å²) >= 11 is 0. The Balaban J connectivity index is 2.35. The van der Waals surface area contributed by atoms with Crippen LogP contribution in [0.1, 0.15) is 25.7 Å². The Bertz CT molecular complexity index is 277. The van der Waals surface area contributed by atoms with Gasteiger partial charge in [-0.25, -0.2) is 0 Å². The molecule has 0 amide bonds. The third-order valence-electron chi connectivity index (χ3n) is 3.22. The van der Waals surface area contributed by atoms with E-state index in [0.717, 1.165) is 6.42 Å². The van der Waals surface area contributed by atoms with Crippen LogP contribution in [-0.4, -0.2) is 27.5 Å². The van der Waals surface area contributed by atoms with E-state index < -0.39 is 16.6 Å². The Morgan fingerprint density at radius 1 is 1.62 bits per heavy atom. The van der Waals surface area contributed by atoms with Crippen LogP contribution in [0.25, 0.3) is 0 Å². The number of nitrogens with zero attached hydrogens (tertiary/aromatic N) is 1. The molecule has 1 N–H and O–H groups in total. The van der Waals surface area contributed by atoms with Crippen molar-refractivity contribution in [3.05, 3.63) is 10.1 Å². The molecule has 5 nitrogen and oxygen atoms in total. The number of carbonyl (C=O) groups excluding carboxylic acids is 1. The van der Waals surface area contributed by atoms with Gasteiger partial charge in [-0.1, -0.05) is 0 Å². The number of ketones is 1. The zero-order valence-corrected chi connectivity index (χ0v) is 7.10. The van der Waals surface area contributed by atoms with Crippen LogP contribution in [0.3, 0.4) is 0 Å². The van der Waals surface area contributed by atoms with Crippen LogP contribution in [0.5, 0.6) is 0 Å². The molecule has 0 aromatic rings. The molecule has 0 aliphatic heterocycles. The lowest BCUT2D eigenvalue weighted by molar-refractivity contribution is -0.538. The quantitative estimate of drug-likeness (QED) is 0.465. The molecule has 2 fully saturated rings. The van der Waals surface area contributed by atoms with Crippen LogP contribution in [0.15, 0.2) is 0 Å². The van der Waals surface area contributed by atoms with E-state index >= 15 is 0 Å². The normalized spacial score (nSPS) is 43.6. The van der Waals surface area contributed by atoms with Crippen molar-refractivity contribution in [2.45, 2.75) is 37.3 Å². The molecule has 0 radical (unpaired) electrons. The van der Waals surface area contributed by atoms with Gasteiger partial charge in [-0.15, -0.1) is 0 Å². The molecule has 0 aromatic carbocycles. The first-order valence-electron chi connectivity index (χ1n) is 4.46. The molecular weight excluding hydrogens is 174 g/mol. The Morgan fingerprint density at radius 3 is 2.85 bits per heavy atom. The van der Waals surface area contributed by atoms with Gasteiger partial charge in [0.15, 0.2) is 11.4 Å². The highest BCUT2D eigenvalue weighted by Crippen LogP contribution is 2.43. The van der Waals surface area contributed by atoms with E-state index in [1.54, 1.807) is 0 Å². The summed E-state index contributed by atoms with van der Waals surface area (Å²) in [5, 5.41) is 20.4. The highest BCUT2D eigenvalue weighted by molar-refractivity contribution is 5.93. The maximum atomic E-state index is 11.5. The summed E-state index contributed by atoms with van der Waals surface area (Å²) < 4.78 is 0. The number of rotatable bonds is 1. The molecular formula is C8H11NO4. The average Bonchev–Trinajstić information content (AvgIpc) is 2.25. The Morgan fingerprint density at radius 2 is 2.31 bits per heavy atom. The molecule has 2 bridgehead atoms. The molecule has 2 rings (SSSR count). The Labute approximate surface area is 74.9 Å². The first-order chi connectivity index (χ1) is 6.05. The van der Waals surface area contributed by atoms with Crippen molar-refractivity contribution in [1.82, 2.24) is 0 Å². The molecule has 2 saturated carbocycles. The van der Waals surface area contributed by atoms with E-state index in [-0.39, 0.29) is 24.5 Å². The summed E-state index contributed by atoms with van der Waals surface area (Å²) in [4.78, 5) is 21.5. The third kappa shape index (κ3) is 0.997. The number of hydrogen-bond acceptors (Lipinski definition) is 4. The highest BCUT2D eigenvalue weighted by atomic mass is 16.6. The van der Waals surface area contributed by atoms with Crippen LogP contribution >= 0.6 is 0 Å². The lowest BCUT2D eigenvalue weighted by Gasteiger charge is -2.25. The summed E-state index contributed by atoms with van der Waals surface area (Å²) in [5.41, 5.74) is -1.65. The van der Waals surface area contributed by atoms with Crippen LogP contribution in [0.4, 0.5) is 0 Å². The second-order valence-corrected chi connectivity index (χ2v) is 3.91. The largest absolute Gasteiger partial charge is 0.376 e. The van der Waals surface area contributed by atoms with E-state index in [9.17, 15) is 20.0 Å². The van der Waals surface area contributed by atoms with Crippen molar-refractivity contribution in [2.24, 2.45) is 5.92 Å². The predicted molar refractivity (Wildman–Crippen MR) is 42.7 cm³/mol. The molecule has 5 heteroatoms. The molecule has 0 spiro atoms. The van der Waals surface area contributed by atoms with Crippen molar-refractivity contribution < 1.29 is 14.8 Å². The fourth-order valence-electron chi connectivity index (χ4n) is 2.51. The van der Waals surface area contributed by atoms with Gasteiger partial charge in [0.1, 0.15) is 0 Å². The standard InChI is InChI=1S/C8H11NO4/c10-7-5-2-1-3-8(7,11)6(4-5)9(12)13/h5-6,11H,1-4H2/t5-,6-,8+/m0/s1. The Kier molecular flexibility index (Phi) is 1.66. The predicted octanol–water partition coefficient (Wildman–Crippen LogP) is 0.136. The van der Waals surface area contributed by atoms with Crippen molar-refractivity contribution in [2.75, 3.05) is 0 Å².